The zero-order valence-electron chi connectivity index (χ0n) is 11.3. The molecule has 0 bridgehead atoms. The van der Waals surface area contributed by atoms with Crippen molar-refractivity contribution in [3.8, 4) is 11.5 Å². The molecule has 4 heteroatoms. The lowest BCUT2D eigenvalue weighted by Gasteiger charge is -2.12. The van der Waals surface area contributed by atoms with Crippen LogP contribution in [0.1, 0.15) is 18.9 Å². The maximum Gasteiger partial charge on any atom is 0.133 e. The molecule has 1 N–H and O–H groups in total. The molecule has 0 aliphatic carbocycles. The summed E-state index contributed by atoms with van der Waals surface area (Å²) in [6.45, 7) is 3.73. The molecule has 0 aromatic heterocycles. The molecule has 0 spiro atoms. The number of hydrogen-bond donors (Lipinski definition) is 1. The van der Waals surface area contributed by atoms with Crippen LogP contribution in [0.15, 0.2) is 42.5 Å². The van der Waals surface area contributed by atoms with Gasteiger partial charge < -0.3 is 10.1 Å². The van der Waals surface area contributed by atoms with Crippen LogP contribution in [-0.4, -0.2) is 6.54 Å². The fourth-order valence-corrected chi connectivity index (χ4v) is 1.99. The van der Waals surface area contributed by atoms with Gasteiger partial charge in [0.05, 0.1) is 0 Å². The molecule has 106 valence electrons. The van der Waals surface area contributed by atoms with Crippen LogP contribution in [-0.2, 0) is 6.54 Å². The third-order valence-electron chi connectivity index (χ3n) is 2.80. The molecule has 2 aromatic carbocycles. The zero-order valence-corrected chi connectivity index (χ0v) is 12.1. The van der Waals surface area contributed by atoms with Crippen molar-refractivity contribution < 1.29 is 9.13 Å². The molecule has 0 heterocycles. The highest BCUT2D eigenvalue weighted by Gasteiger charge is 2.06. The van der Waals surface area contributed by atoms with Gasteiger partial charge in [-0.15, -0.1) is 0 Å². The number of ether oxygens (including phenoxy) is 1. The molecule has 0 aliphatic heterocycles. The minimum absolute atomic E-state index is 0.324. The van der Waals surface area contributed by atoms with Crippen molar-refractivity contribution in [2.45, 2.75) is 19.9 Å². The number of hydrogen-bond acceptors (Lipinski definition) is 2. The molecule has 0 radical (unpaired) electrons. The Labute approximate surface area is 123 Å². The van der Waals surface area contributed by atoms with Crippen LogP contribution in [0.5, 0.6) is 11.5 Å². The van der Waals surface area contributed by atoms with Gasteiger partial charge in [0.1, 0.15) is 17.3 Å². The SMILES string of the molecule is CCCNCc1ccc(Cl)cc1Oc1cccc(F)c1. The first-order valence-electron chi connectivity index (χ1n) is 6.61. The molecule has 2 nitrogen and oxygen atoms in total. The summed E-state index contributed by atoms with van der Waals surface area (Å²) in [6, 6.07) is 11.5. The Morgan fingerprint density at radius 3 is 2.80 bits per heavy atom. The van der Waals surface area contributed by atoms with Gasteiger partial charge in [0.25, 0.3) is 0 Å². The molecule has 0 atom stereocenters. The van der Waals surface area contributed by atoms with E-state index in [4.69, 9.17) is 16.3 Å². The van der Waals surface area contributed by atoms with Gasteiger partial charge in [0.2, 0.25) is 0 Å². The van der Waals surface area contributed by atoms with Gasteiger partial charge in [-0.05, 0) is 37.2 Å². The Kier molecular flexibility index (Phi) is 5.39. The Bertz CT molecular complexity index is 574. The smallest absolute Gasteiger partial charge is 0.133 e. The molecule has 0 aliphatic rings. The van der Waals surface area contributed by atoms with E-state index in [2.05, 4.69) is 12.2 Å². The normalized spacial score (nSPS) is 10.6. The van der Waals surface area contributed by atoms with Gasteiger partial charge in [-0.25, -0.2) is 4.39 Å². The molecule has 2 aromatic rings. The summed E-state index contributed by atoms with van der Waals surface area (Å²) in [7, 11) is 0. The quantitative estimate of drug-likeness (QED) is 0.775. The maximum absolute atomic E-state index is 13.2. The fraction of sp³-hybridized carbons (Fsp3) is 0.250. The van der Waals surface area contributed by atoms with E-state index in [0.29, 0.717) is 23.1 Å². The van der Waals surface area contributed by atoms with Gasteiger partial charge in [-0.3, -0.25) is 0 Å². The predicted octanol–water partition coefficient (Wildman–Crippen LogP) is 4.77. The van der Waals surface area contributed by atoms with Crippen molar-refractivity contribution in [2.75, 3.05) is 6.54 Å². The van der Waals surface area contributed by atoms with Crippen LogP contribution in [0.3, 0.4) is 0 Å². The number of nitrogens with one attached hydrogen (secondary N) is 1. The van der Waals surface area contributed by atoms with Crippen molar-refractivity contribution in [1.29, 1.82) is 0 Å². The van der Waals surface area contributed by atoms with Gasteiger partial charge in [0.15, 0.2) is 0 Å². The van der Waals surface area contributed by atoms with E-state index in [-0.39, 0.29) is 5.82 Å². The molecular weight excluding hydrogens is 277 g/mol. The Morgan fingerprint density at radius 2 is 2.05 bits per heavy atom. The van der Waals surface area contributed by atoms with Gasteiger partial charge in [-0.2, -0.15) is 0 Å². The maximum atomic E-state index is 13.2. The number of halogens is 2. The van der Waals surface area contributed by atoms with E-state index in [1.807, 2.05) is 12.1 Å². The summed E-state index contributed by atoms with van der Waals surface area (Å²) in [5.74, 6) is 0.783. The van der Waals surface area contributed by atoms with Gasteiger partial charge in [-0.1, -0.05) is 30.7 Å². The molecular formula is C16H17ClFNO. The van der Waals surface area contributed by atoms with Crippen LogP contribution in [0.2, 0.25) is 5.02 Å². The van der Waals surface area contributed by atoms with Crippen LogP contribution in [0, 0.1) is 5.82 Å². The fourth-order valence-electron chi connectivity index (χ4n) is 1.83. The Balaban J connectivity index is 2.18. The highest BCUT2D eigenvalue weighted by atomic mass is 35.5. The monoisotopic (exact) mass is 293 g/mol. The number of rotatable bonds is 6. The van der Waals surface area contributed by atoms with Gasteiger partial charge >= 0.3 is 0 Å². The Hall–Kier alpha value is -1.58. The molecule has 0 amide bonds. The molecule has 0 fully saturated rings. The highest BCUT2D eigenvalue weighted by Crippen LogP contribution is 2.28. The van der Waals surface area contributed by atoms with E-state index in [1.165, 1.54) is 12.1 Å². The summed E-state index contributed by atoms with van der Waals surface area (Å²) in [5.41, 5.74) is 0.993. The van der Waals surface area contributed by atoms with E-state index >= 15 is 0 Å². The lowest BCUT2D eigenvalue weighted by Crippen LogP contribution is -2.14. The summed E-state index contributed by atoms with van der Waals surface area (Å²) in [5, 5.41) is 3.90. The molecule has 0 saturated heterocycles. The summed E-state index contributed by atoms with van der Waals surface area (Å²) in [6.07, 6.45) is 1.06. The second-order valence-electron chi connectivity index (χ2n) is 4.49. The average Bonchev–Trinajstić information content (AvgIpc) is 2.41. The minimum Gasteiger partial charge on any atom is -0.457 e. The molecule has 0 saturated carbocycles. The lowest BCUT2D eigenvalue weighted by molar-refractivity contribution is 0.467. The van der Waals surface area contributed by atoms with E-state index in [0.717, 1.165) is 18.5 Å². The average molecular weight is 294 g/mol. The van der Waals surface area contributed by atoms with Crippen molar-refractivity contribution >= 4 is 11.6 Å². The lowest BCUT2D eigenvalue weighted by atomic mass is 10.2. The van der Waals surface area contributed by atoms with E-state index < -0.39 is 0 Å². The van der Waals surface area contributed by atoms with Crippen molar-refractivity contribution in [1.82, 2.24) is 5.32 Å². The Morgan fingerprint density at radius 1 is 1.20 bits per heavy atom. The van der Waals surface area contributed by atoms with Crippen LogP contribution < -0.4 is 10.1 Å². The second kappa shape index (κ2) is 7.27. The molecule has 0 unspecified atom stereocenters. The van der Waals surface area contributed by atoms with Gasteiger partial charge in [0, 0.05) is 23.2 Å². The van der Waals surface area contributed by atoms with E-state index in [1.54, 1.807) is 18.2 Å². The summed E-state index contributed by atoms with van der Waals surface area (Å²) >= 11 is 6.00. The largest absolute Gasteiger partial charge is 0.457 e. The predicted molar refractivity (Wildman–Crippen MR) is 79.9 cm³/mol. The van der Waals surface area contributed by atoms with E-state index in [9.17, 15) is 4.39 Å². The second-order valence-corrected chi connectivity index (χ2v) is 4.92. The van der Waals surface area contributed by atoms with Crippen LogP contribution >= 0.6 is 11.6 Å². The first-order valence-corrected chi connectivity index (χ1v) is 6.99. The van der Waals surface area contributed by atoms with Crippen molar-refractivity contribution in [2.24, 2.45) is 0 Å². The third kappa shape index (κ3) is 4.22. The van der Waals surface area contributed by atoms with Crippen molar-refractivity contribution in [3.05, 3.63) is 58.9 Å². The summed E-state index contributed by atoms with van der Waals surface area (Å²) < 4.78 is 18.9. The number of benzene rings is 2. The van der Waals surface area contributed by atoms with Crippen LogP contribution in [0.4, 0.5) is 4.39 Å². The molecule has 2 rings (SSSR count). The molecule has 20 heavy (non-hydrogen) atoms. The van der Waals surface area contributed by atoms with Crippen LogP contribution in [0.25, 0.3) is 0 Å². The standard InChI is InChI=1S/C16H17ClFNO/c1-2-8-19-11-12-6-7-13(17)9-16(12)20-15-5-3-4-14(18)10-15/h3-7,9-10,19H,2,8,11H2,1H3. The highest BCUT2D eigenvalue weighted by molar-refractivity contribution is 6.30. The van der Waals surface area contributed by atoms with Crippen molar-refractivity contribution in [3.63, 3.8) is 0 Å². The first kappa shape index (κ1) is 14.8. The zero-order chi connectivity index (χ0) is 14.4. The topological polar surface area (TPSA) is 21.3 Å². The third-order valence-corrected chi connectivity index (χ3v) is 3.03. The summed E-state index contributed by atoms with van der Waals surface area (Å²) in [4.78, 5) is 0. The minimum atomic E-state index is -0.324. The first-order chi connectivity index (χ1) is 9.69.